The Hall–Kier alpha value is -2.04. The Morgan fingerprint density at radius 1 is 1.14 bits per heavy atom. The number of hydrogen-bond donors (Lipinski definition) is 2. The molecule has 0 heterocycles. The molecule has 4 nitrogen and oxygen atoms in total. The summed E-state index contributed by atoms with van der Waals surface area (Å²) in [5.41, 5.74) is 1.70. The molecule has 0 amide bonds. The molecule has 110 valence electrons. The van der Waals surface area contributed by atoms with Gasteiger partial charge < -0.3 is 15.2 Å². The molecular weight excluding hydrogens is 290 g/mol. The smallest absolute Gasteiger partial charge is 0.328 e. The zero-order valence-electron chi connectivity index (χ0n) is 11.3. The van der Waals surface area contributed by atoms with Crippen molar-refractivity contribution < 1.29 is 14.6 Å². The average molecular weight is 306 g/mol. The van der Waals surface area contributed by atoms with Gasteiger partial charge in [-0.2, -0.15) is 0 Å². The molecule has 0 saturated heterocycles. The van der Waals surface area contributed by atoms with Crippen LogP contribution in [0.25, 0.3) is 0 Å². The van der Waals surface area contributed by atoms with Crippen molar-refractivity contribution in [3.8, 4) is 0 Å². The van der Waals surface area contributed by atoms with Crippen LogP contribution < -0.4 is 5.32 Å². The molecule has 5 heteroatoms. The van der Waals surface area contributed by atoms with E-state index in [1.54, 1.807) is 24.3 Å². The number of halogens is 1. The van der Waals surface area contributed by atoms with Crippen molar-refractivity contribution in [1.29, 1.82) is 0 Å². The lowest BCUT2D eigenvalue weighted by Gasteiger charge is -2.16. The number of rotatable bonds is 7. The molecule has 0 aromatic heterocycles. The van der Waals surface area contributed by atoms with E-state index in [2.05, 4.69) is 5.32 Å². The summed E-state index contributed by atoms with van der Waals surface area (Å²) in [6.07, 6.45) is 0. The first-order valence-electron chi connectivity index (χ1n) is 6.52. The summed E-state index contributed by atoms with van der Waals surface area (Å²) in [5.74, 6) is -0.960. The molecule has 1 unspecified atom stereocenters. The molecule has 2 aromatic rings. The van der Waals surface area contributed by atoms with E-state index in [4.69, 9.17) is 16.3 Å². The van der Waals surface area contributed by atoms with Gasteiger partial charge in [0.2, 0.25) is 0 Å². The molecule has 2 aromatic carbocycles. The number of carboxylic acids is 1. The van der Waals surface area contributed by atoms with Crippen LogP contribution in [0.1, 0.15) is 5.56 Å². The first-order chi connectivity index (χ1) is 10.1. The topological polar surface area (TPSA) is 58.6 Å². The van der Waals surface area contributed by atoms with E-state index in [1.807, 2.05) is 30.3 Å². The van der Waals surface area contributed by atoms with E-state index < -0.39 is 12.0 Å². The highest BCUT2D eigenvalue weighted by molar-refractivity contribution is 6.30. The Balaban J connectivity index is 1.87. The van der Waals surface area contributed by atoms with Gasteiger partial charge in [-0.1, -0.05) is 41.9 Å². The first kappa shape index (κ1) is 15.4. The first-order valence-corrected chi connectivity index (χ1v) is 6.89. The van der Waals surface area contributed by atoms with Crippen LogP contribution in [0.4, 0.5) is 5.69 Å². The number of carboxylic acid groups (broad SMARTS) is 1. The summed E-state index contributed by atoms with van der Waals surface area (Å²) in [6.45, 7) is 0.458. The summed E-state index contributed by atoms with van der Waals surface area (Å²) >= 11 is 5.79. The van der Waals surface area contributed by atoms with Crippen LogP contribution in [0.3, 0.4) is 0 Å². The minimum Gasteiger partial charge on any atom is -0.480 e. The van der Waals surface area contributed by atoms with E-state index in [1.165, 1.54) is 0 Å². The predicted molar refractivity (Wildman–Crippen MR) is 82.6 cm³/mol. The monoisotopic (exact) mass is 305 g/mol. The van der Waals surface area contributed by atoms with Crippen LogP contribution in [0.2, 0.25) is 5.02 Å². The zero-order chi connectivity index (χ0) is 15.1. The summed E-state index contributed by atoms with van der Waals surface area (Å²) in [4.78, 5) is 11.2. The maximum absolute atomic E-state index is 11.2. The number of nitrogens with one attached hydrogen (secondary N) is 1. The Kier molecular flexibility index (Phi) is 5.60. The molecule has 0 spiro atoms. The number of aliphatic carboxylic acids is 1. The number of carbonyl (C=O) groups is 1. The van der Waals surface area contributed by atoms with Gasteiger partial charge in [0.25, 0.3) is 0 Å². The normalized spacial score (nSPS) is 11.9. The zero-order valence-corrected chi connectivity index (χ0v) is 12.1. The van der Waals surface area contributed by atoms with Gasteiger partial charge in [-0.3, -0.25) is 0 Å². The molecule has 0 saturated carbocycles. The Labute approximate surface area is 128 Å². The molecule has 0 aliphatic carbocycles. The van der Waals surface area contributed by atoms with Gasteiger partial charge in [-0.25, -0.2) is 4.79 Å². The minimum absolute atomic E-state index is 0.0762. The van der Waals surface area contributed by atoms with Crippen molar-refractivity contribution in [3.05, 3.63) is 65.2 Å². The van der Waals surface area contributed by atoms with E-state index >= 15 is 0 Å². The highest BCUT2D eigenvalue weighted by Gasteiger charge is 2.17. The van der Waals surface area contributed by atoms with E-state index in [9.17, 15) is 9.90 Å². The molecule has 0 fully saturated rings. The SMILES string of the molecule is O=C(O)C(COCc1ccccc1)Nc1ccc(Cl)cc1. The molecule has 0 aliphatic rings. The van der Waals surface area contributed by atoms with Crippen molar-refractivity contribution in [2.75, 3.05) is 11.9 Å². The highest BCUT2D eigenvalue weighted by atomic mass is 35.5. The molecule has 0 bridgehead atoms. The quantitative estimate of drug-likeness (QED) is 0.823. The van der Waals surface area contributed by atoms with Crippen molar-refractivity contribution in [1.82, 2.24) is 0 Å². The van der Waals surface area contributed by atoms with E-state index in [0.717, 1.165) is 5.56 Å². The highest BCUT2D eigenvalue weighted by Crippen LogP contribution is 2.14. The summed E-state index contributed by atoms with van der Waals surface area (Å²) in [5, 5.41) is 12.7. The maximum Gasteiger partial charge on any atom is 0.328 e. The molecule has 2 N–H and O–H groups in total. The fraction of sp³-hybridized carbons (Fsp3) is 0.188. The number of anilines is 1. The molecule has 0 radical (unpaired) electrons. The van der Waals surface area contributed by atoms with Crippen LogP contribution in [0.15, 0.2) is 54.6 Å². The predicted octanol–water partition coefficient (Wildman–Crippen LogP) is 3.42. The average Bonchev–Trinajstić information content (AvgIpc) is 2.49. The maximum atomic E-state index is 11.2. The lowest BCUT2D eigenvalue weighted by Crippen LogP contribution is -2.33. The van der Waals surface area contributed by atoms with Gasteiger partial charge >= 0.3 is 5.97 Å². The fourth-order valence-corrected chi connectivity index (χ4v) is 1.92. The standard InChI is InChI=1S/C16H16ClNO3/c17-13-6-8-14(9-7-13)18-15(16(19)20)11-21-10-12-4-2-1-3-5-12/h1-9,15,18H,10-11H2,(H,19,20). The lowest BCUT2D eigenvalue weighted by molar-refractivity contribution is -0.139. The summed E-state index contributed by atoms with van der Waals surface area (Å²) in [6, 6.07) is 15.7. The number of ether oxygens (including phenoxy) is 1. The Morgan fingerprint density at radius 3 is 2.43 bits per heavy atom. The van der Waals surface area contributed by atoms with Gasteiger partial charge in [0.05, 0.1) is 13.2 Å². The second-order valence-corrected chi connectivity index (χ2v) is 4.98. The second kappa shape index (κ2) is 7.67. The molecule has 2 rings (SSSR count). The van der Waals surface area contributed by atoms with Crippen LogP contribution in [-0.2, 0) is 16.1 Å². The third-order valence-corrected chi connectivity index (χ3v) is 3.13. The van der Waals surface area contributed by atoms with Crippen LogP contribution in [0, 0.1) is 0 Å². The summed E-state index contributed by atoms with van der Waals surface area (Å²) < 4.78 is 5.47. The third kappa shape index (κ3) is 5.10. The van der Waals surface area contributed by atoms with Crippen LogP contribution in [-0.4, -0.2) is 23.7 Å². The van der Waals surface area contributed by atoms with Crippen LogP contribution >= 0.6 is 11.6 Å². The lowest BCUT2D eigenvalue weighted by atomic mass is 10.2. The third-order valence-electron chi connectivity index (χ3n) is 2.88. The van der Waals surface area contributed by atoms with Gasteiger partial charge in [-0.15, -0.1) is 0 Å². The van der Waals surface area contributed by atoms with Gasteiger partial charge in [-0.05, 0) is 29.8 Å². The second-order valence-electron chi connectivity index (χ2n) is 4.54. The molecule has 1 atom stereocenters. The number of benzene rings is 2. The van der Waals surface area contributed by atoms with Crippen molar-refractivity contribution >= 4 is 23.3 Å². The van der Waals surface area contributed by atoms with Crippen molar-refractivity contribution in [2.45, 2.75) is 12.6 Å². The molecule has 0 aliphatic heterocycles. The Morgan fingerprint density at radius 2 is 1.81 bits per heavy atom. The fourth-order valence-electron chi connectivity index (χ4n) is 1.79. The summed E-state index contributed by atoms with van der Waals surface area (Å²) in [7, 11) is 0. The molecule has 21 heavy (non-hydrogen) atoms. The van der Waals surface area contributed by atoms with E-state index in [0.29, 0.717) is 17.3 Å². The van der Waals surface area contributed by atoms with E-state index in [-0.39, 0.29) is 6.61 Å². The van der Waals surface area contributed by atoms with Gasteiger partial charge in [0.15, 0.2) is 0 Å². The van der Waals surface area contributed by atoms with Gasteiger partial charge in [0, 0.05) is 10.7 Å². The molecular formula is C16H16ClNO3. The number of hydrogen-bond acceptors (Lipinski definition) is 3. The Bertz CT molecular complexity index is 572. The van der Waals surface area contributed by atoms with Crippen molar-refractivity contribution in [3.63, 3.8) is 0 Å². The minimum atomic E-state index is -0.960. The van der Waals surface area contributed by atoms with Crippen LogP contribution in [0.5, 0.6) is 0 Å². The van der Waals surface area contributed by atoms with Gasteiger partial charge in [0.1, 0.15) is 6.04 Å². The van der Waals surface area contributed by atoms with Crippen molar-refractivity contribution in [2.24, 2.45) is 0 Å². The largest absolute Gasteiger partial charge is 0.480 e.